The number of thioether (sulfide) groups is 1. The standard InChI is InChI=1S/C32H43N3O4S/c1-29(2,3)20-30(4,5)34-18-12-16-32-24(23-26(37)33(7)17-11-15-31(23,6)40-32)27(38)35(25(32)28(34)39)22(19-36)21-13-9-8-10-14-21/h8-16,22-25,36H,17-20H2,1-7H3/t22-,23-,24+,25?,31+,32+/m1/s1. The van der Waals surface area contributed by atoms with Crippen molar-refractivity contribution >= 4 is 29.5 Å². The molecule has 40 heavy (non-hydrogen) atoms. The summed E-state index contributed by atoms with van der Waals surface area (Å²) in [7, 11) is 1.77. The number of hydrogen-bond acceptors (Lipinski definition) is 5. The second kappa shape index (κ2) is 9.76. The van der Waals surface area contributed by atoms with Crippen LogP contribution in [-0.4, -0.2) is 85.3 Å². The lowest BCUT2D eigenvalue weighted by Crippen LogP contribution is -2.59. The highest BCUT2D eigenvalue weighted by atomic mass is 32.2. The minimum atomic E-state index is -0.944. The topological polar surface area (TPSA) is 81.2 Å². The lowest BCUT2D eigenvalue weighted by atomic mass is 9.74. The van der Waals surface area contributed by atoms with Gasteiger partial charge >= 0.3 is 0 Å². The molecule has 6 atom stereocenters. The third-order valence-electron chi connectivity index (χ3n) is 9.08. The third-order valence-corrected chi connectivity index (χ3v) is 10.9. The Morgan fingerprint density at radius 2 is 1.60 bits per heavy atom. The highest BCUT2D eigenvalue weighted by molar-refractivity contribution is 8.02. The zero-order valence-corrected chi connectivity index (χ0v) is 25.6. The quantitative estimate of drug-likeness (QED) is 0.545. The molecule has 2 fully saturated rings. The van der Waals surface area contributed by atoms with Crippen LogP contribution in [0.25, 0.3) is 0 Å². The number of carbonyl (C=O) groups excluding carboxylic acids is 3. The van der Waals surface area contributed by atoms with E-state index in [2.05, 4.69) is 46.8 Å². The minimum absolute atomic E-state index is 0.0204. The monoisotopic (exact) mass is 565 g/mol. The highest BCUT2D eigenvalue weighted by Gasteiger charge is 2.74. The van der Waals surface area contributed by atoms with E-state index in [9.17, 15) is 19.5 Å². The fourth-order valence-corrected chi connectivity index (χ4v) is 10.0. The van der Waals surface area contributed by atoms with Gasteiger partial charge in [0, 0.05) is 30.4 Å². The van der Waals surface area contributed by atoms with E-state index < -0.39 is 39.0 Å². The molecule has 1 spiro atoms. The van der Waals surface area contributed by atoms with E-state index in [0.717, 1.165) is 12.0 Å². The van der Waals surface area contributed by atoms with Crippen LogP contribution in [0.4, 0.5) is 0 Å². The van der Waals surface area contributed by atoms with Gasteiger partial charge < -0.3 is 19.8 Å². The molecule has 0 aromatic heterocycles. The fourth-order valence-electron chi connectivity index (χ4n) is 7.89. The first-order valence-corrected chi connectivity index (χ1v) is 15.1. The number of nitrogens with zero attached hydrogens (tertiary/aromatic N) is 3. The molecule has 0 bridgehead atoms. The van der Waals surface area contributed by atoms with Crippen molar-refractivity contribution in [2.24, 2.45) is 17.3 Å². The zero-order valence-electron chi connectivity index (χ0n) is 24.8. The predicted molar refractivity (Wildman–Crippen MR) is 158 cm³/mol. The van der Waals surface area contributed by atoms with Crippen molar-refractivity contribution < 1.29 is 19.5 Å². The van der Waals surface area contributed by atoms with Crippen LogP contribution < -0.4 is 0 Å². The van der Waals surface area contributed by atoms with E-state index in [0.29, 0.717) is 13.1 Å². The van der Waals surface area contributed by atoms with Gasteiger partial charge in [0.1, 0.15) is 6.04 Å². The summed E-state index contributed by atoms with van der Waals surface area (Å²) in [6.07, 6.45) is 8.93. The lowest BCUT2D eigenvalue weighted by Gasteiger charge is -2.45. The number of amides is 3. The first-order valence-electron chi connectivity index (χ1n) is 14.3. The maximum atomic E-state index is 14.9. The number of benzene rings is 1. The van der Waals surface area contributed by atoms with Gasteiger partial charge in [0.05, 0.1) is 29.2 Å². The molecule has 1 aromatic carbocycles. The number of aliphatic hydroxyl groups excluding tert-OH is 1. The van der Waals surface area contributed by atoms with Crippen molar-refractivity contribution in [1.82, 2.24) is 14.7 Å². The molecule has 1 N–H and O–H groups in total. The van der Waals surface area contributed by atoms with Gasteiger partial charge in [-0.1, -0.05) is 75.4 Å². The van der Waals surface area contributed by atoms with Crippen molar-refractivity contribution in [1.29, 1.82) is 0 Å². The van der Waals surface area contributed by atoms with Crippen molar-refractivity contribution in [3.05, 3.63) is 60.2 Å². The van der Waals surface area contributed by atoms with E-state index in [-0.39, 0.29) is 29.7 Å². The molecule has 0 radical (unpaired) electrons. The molecule has 3 amide bonds. The Morgan fingerprint density at radius 3 is 2.23 bits per heavy atom. The van der Waals surface area contributed by atoms with E-state index in [1.54, 1.807) is 28.6 Å². The molecular weight excluding hydrogens is 522 g/mol. The average molecular weight is 566 g/mol. The first-order chi connectivity index (χ1) is 18.7. The molecule has 4 heterocycles. The first kappa shape index (κ1) is 28.9. The van der Waals surface area contributed by atoms with Gasteiger partial charge in [-0.05, 0) is 38.2 Å². The number of aliphatic hydroxyl groups is 1. The summed E-state index contributed by atoms with van der Waals surface area (Å²) in [5.74, 6) is -1.79. The van der Waals surface area contributed by atoms with Crippen LogP contribution in [-0.2, 0) is 14.4 Å². The van der Waals surface area contributed by atoms with E-state index in [4.69, 9.17) is 0 Å². The van der Waals surface area contributed by atoms with Crippen LogP contribution in [0.2, 0.25) is 0 Å². The van der Waals surface area contributed by atoms with Crippen LogP contribution in [0.15, 0.2) is 54.6 Å². The zero-order chi connectivity index (χ0) is 29.3. The second-order valence-electron chi connectivity index (χ2n) is 13.9. The molecule has 216 valence electrons. The largest absolute Gasteiger partial charge is 0.394 e. The molecule has 2 saturated heterocycles. The summed E-state index contributed by atoms with van der Waals surface area (Å²) in [6, 6.07) is 7.86. The number of fused-ring (bicyclic) bond motifs is 2. The predicted octanol–water partition coefficient (Wildman–Crippen LogP) is 4.05. The van der Waals surface area contributed by atoms with Gasteiger partial charge in [0.2, 0.25) is 17.7 Å². The Balaban J connectivity index is 1.70. The molecule has 5 rings (SSSR count). The molecular formula is C32H43N3O4S. The normalized spacial score (nSPS) is 33.0. The van der Waals surface area contributed by atoms with Gasteiger partial charge in [0.15, 0.2) is 0 Å². The molecule has 1 unspecified atom stereocenters. The third kappa shape index (κ3) is 4.42. The van der Waals surface area contributed by atoms with Crippen molar-refractivity contribution in [3.8, 4) is 0 Å². The summed E-state index contributed by atoms with van der Waals surface area (Å²) in [5.41, 5.74) is 0.271. The summed E-state index contributed by atoms with van der Waals surface area (Å²) in [5, 5.41) is 10.7. The maximum Gasteiger partial charge on any atom is 0.247 e. The van der Waals surface area contributed by atoms with Gasteiger partial charge in [-0.15, -0.1) is 11.8 Å². The number of likely N-dealkylation sites (N-methyl/N-ethyl adjacent to an activating group) is 1. The Morgan fingerprint density at radius 1 is 0.950 bits per heavy atom. The van der Waals surface area contributed by atoms with Gasteiger partial charge in [0.25, 0.3) is 0 Å². The van der Waals surface area contributed by atoms with Crippen molar-refractivity contribution in [2.45, 2.75) is 75.1 Å². The van der Waals surface area contributed by atoms with Gasteiger partial charge in [-0.3, -0.25) is 14.4 Å². The summed E-state index contributed by atoms with van der Waals surface area (Å²) in [4.78, 5) is 48.8. The molecule has 8 heteroatoms. The minimum Gasteiger partial charge on any atom is -0.394 e. The summed E-state index contributed by atoms with van der Waals surface area (Å²) in [6.45, 7) is 13.3. The SMILES string of the molecule is CN1CC=C[C@]2(C)S[C@]34C=CCN(C(C)(C)CC(C)(C)C)C(=O)C3N([C@H](CO)c3ccccc3)C(=O)[C@@H]4[C@@H]2C1=O. The Bertz CT molecular complexity index is 1250. The Labute approximate surface area is 242 Å². The molecule has 7 nitrogen and oxygen atoms in total. The number of rotatable bonds is 5. The lowest BCUT2D eigenvalue weighted by molar-refractivity contribution is -0.149. The van der Waals surface area contributed by atoms with E-state index in [1.165, 1.54) is 0 Å². The van der Waals surface area contributed by atoms with Crippen LogP contribution in [0.1, 0.15) is 59.6 Å². The molecule has 4 aliphatic heterocycles. The smallest absolute Gasteiger partial charge is 0.247 e. The van der Waals surface area contributed by atoms with E-state index >= 15 is 0 Å². The van der Waals surface area contributed by atoms with Crippen LogP contribution in [0, 0.1) is 17.3 Å². The van der Waals surface area contributed by atoms with Crippen LogP contribution in [0.5, 0.6) is 0 Å². The molecule has 0 saturated carbocycles. The average Bonchev–Trinajstić information content (AvgIpc) is 3.13. The summed E-state index contributed by atoms with van der Waals surface area (Å²) >= 11 is 1.58. The van der Waals surface area contributed by atoms with Crippen molar-refractivity contribution in [2.75, 3.05) is 26.7 Å². The van der Waals surface area contributed by atoms with Crippen LogP contribution in [0.3, 0.4) is 0 Å². The molecule has 0 aliphatic carbocycles. The van der Waals surface area contributed by atoms with Gasteiger partial charge in [-0.25, -0.2) is 0 Å². The van der Waals surface area contributed by atoms with Crippen molar-refractivity contribution in [3.63, 3.8) is 0 Å². The number of likely N-dealkylation sites (tertiary alicyclic amines) is 1. The molecule has 1 aromatic rings. The second-order valence-corrected chi connectivity index (χ2v) is 15.7. The molecule has 4 aliphatic rings. The van der Waals surface area contributed by atoms with Crippen LogP contribution >= 0.6 is 11.8 Å². The Hall–Kier alpha value is -2.58. The summed E-state index contributed by atoms with van der Waals surface area (Å²) < 4.78 is -1.59. The highest BCUT2D eigenvalue weighted by Crippen LogP contribution is 2.66. The van der Waals surface area contributed by atoms with E-state index in [1.807, 2.05) is 54.3 Å². The van der Waals surface area contributed by atoms with Gasteiger partial charge in [-0.2, -0.15) is 0 Å². The fraction of sp³-hybridized carbons (Fsp3) is 0.594. The Kier molecular flexibility index (Phi) is 7.06. The number of carbonyl (C=O) groups is 3. The number of hydrogen-bond donors (Lipinski definition) is 1. The maximum absolute atomic E-state index is 14.9.